The lowest BCUT2D eigenvalue weighted by Crippen LogP contribution is -2.18. The number of aromatic nitrogens is 1. The fourth-order valence-electron chi connectivity index (χ4n) is 1.68. The molecule has 2 heteroatoms. The van der Waals surface area contributed by atoms with Crippen molar-refractivity contribution in [3.63, 3.8) is 0 Å². The van der Waals surface area contributed by atoms with E-state index in [0.29, 0.717) is 12.0 Å². The average Bonchev–Trinajstić information content (AvgIpc) is 2.14. The molecule has 1 unspecified atom stereocenters. The number of nitrogens with zero attached hydrogens (tertiary/aromatic N) is 1. The average molecular weight is 192 g/mol. The summed E-state index contributed by atoms with van der Waals surface area (Å²) in [4.78, 5) is 4.21. The van der Waals surface area contributed by atoms with Gasteiger partial charge in [0.15, 0.2) is 0 Å². The first-order valence-electron chi connectivity index (χ1n) is 5.23. The van der Waals surface area contributed by atoms with E-state index in [2.05, 4.69) is 36.3 Å². The third kappa shape index (κ3) is 3.11. The van der Waals surface area contributed by atoms with Crippen molar-refractivity contribution in [1.82, 2.24) is 10.3 Å². The van der Waals surface area contributed by atoms with E-state index in [-0.39, 0.29) is 0 Å². The number of hydrogen-bond donors (Lipinski definition) is 1. The van der Waals surface area contributed by atoms with Gasteiger partial charge in [0.2, 0.25) is 0 Å². The molecule has 0 radical (unpaired) electrons. The summed E-state index contributed by atoms with van der Waals surface area (Å²) in [6.45, 7) is 6.53. The van der Waals surface area contributed by atoms with Gasteiger partial charge in [0, 0.05) is 17.9 Å². The minimum atomic E-state index is 0.455. The van der Waals surface area contributed by atoms with Crippen molar-refractivity contribution in [1.29, 1.82) is 0 Å². The van der Waals surface area contributed by atoms with Crippen LogP contribution in [-0.2, 0) is 0 Å². The SMILES string of the molecule is CNC(CC(C)C)c1ccnc(C)c1. The number of nitrogens with one attached hydrogen (secondary N) is 1. The lowest BCUT2D eigenvalue weighted by molar-refractivity contribution is 0.456. The van der Waals surface area contributed by atoms with E-state index in [9.17, 15) is 0 Å². The molecule has 78 valence electrons. The van der Waals surface area contributed by atoms with Crippen LogP contribution in [0.4, 0.5) is 0 Å². The van der Waals surface area contributed by atoms with Gasteiger partial charge in [0.25, 0.3) is 0 Å². The highest BCUT2D eigenvalue weighted by atomic mass is 14.9. The summed E-state index contributed by atoms with van der Waals surface area (Å²) in [5.74, 6) is 0.709. The van der Waals surface area contributed by atoms with E-state index >= 15 is 0 Å². The Labute approximate surface area is 86.8 Å². The summed E-state index contributed by atoms with van der Waals surface area (Å²) < 4.78 is 0. The summed E-state index contributed by atoms with van der Waals surface area (Å²) >= 11 is 0. The van der Waals surface area contributed by atoms with Crippen LogP contribution in [0.3, 0.4) is 0 Å². The van der Waals surface area contributed by atoms with Gasteiger partial charge in [-0.1, -0.05) is 13.8 Å². The van der Waals surface area contributed by atoms with E-state index < -0.39 is 0 Å². The molecular formula is C12H20N2. The topological polar surface area (TPSA) is 24.9 Å². The normalized spacial score (nSPS) is 13.2. The van der Waals surface area contributed by atoms with Crippen LogP contribution in [0, 0.1) is 12.8 Å². The molecule has 0 saturated heterocycles. The van der Waals surface area contributed by atoms with Crippen LogP contribution in [0.15, 0.2) is 18.3 Å². The first-order chi connectivity index (χ1) is 6.63. The van der Waals surface area contributed by atoms with Crippen LogP contribution < -0.4 is 5.32 Å². The molecule has 0 aliphatic rings. The van der Waals surface area contributed by atoms with Gasteiger partial charge in [-0.3, -0.25) is 4.98 Å². The maximum Gasteiger partial charge on any atom is 0.0375 e. The standard InChI is InChI=1S/C12H20N2/c1-9(2)7-12(13-4)11-5-6-14-10(3)8-11/h5-6,8-9,12-13H,7H2,1-4H3. The monoisotopic (exact) mass is 192 g/mol. The third-order valence-electron chi connectivity index (χ3n) is 2.38. The zero-order valence-electron chi connectivity index (χ0n) is 9.54. The zero-order valence-corrected chi connectivity index (χ0v) is 9.54. The zero-order chi connectivity index (χ0) is 10.6. The van der Waals surface area contributed by atoms with Crippen LogP contribution in [-0.4, -0.2) is 12.0 Å². The van der Waals surface area contributed by atoms with Crippen molar-refractivity contribution in [3.05, 3.63) is 29.6 Å². The number of rotatable bonds is 4. The molecule has 14 heavy (non-hydrogen) atoms. The van der Waals surface area contributed by atoms with Gasteiger partial charge in [-0.2, -0.15) is 0 Å². The highest BCUT2D eigenvalue weighted by molar-refractivity contribution is 5.19. The van der Waals surface area contributed by atoms with Gasteiger partial charge in [-0.05, 0) is 44.0 Å². The van der Waals surface area contributed by atoms with Gasteiger partial charge in [0.05, 0.1) is 0 Å². The Morgan fingerprint density at radius 3 is 2.64 bits per heavy atom. The van der Waals surface area contributed by atoms with E-state index in [4.69, 9.17) is 0 Å². The quantitative estimate of drug-likeness (QED) is 0.793. The smallest absolute Gasteiger partial charge is 0.0375 e. The Morgan fingerprint density at radius 2 is 2.14 bits per heavy atom. The molecule has 0 fully saturated rings. The van der Waals surface area contributed by atoms with E-state index in [0.717, 1.165) is 5.69 Å². The minimum absolute atomic E-state index is 0.455. The Morgan fingerprint density at radius 1 is 1.43 bits per heavy atom. The lowest BCUT2D eigenvalue weighted by Gasteiger charge is -2.18. The highest BCUT2D eigenvalue weighted by Gasteiger charge is 2.10. The summed E-state index contributed by atoms with van der Waals surface area (Å²) in [5, 5.41) is 3.35. The lowest BCUT2D eigenvalue weighted by atomic mass is 9.97. The molecule has 0 aliphatic heterocycles. The maximum atomic E-state index is 4.21. The highest BCUT2D eigenvalue weighted by Crippen LogP contribution is 2.20. The third-order valence-corrected chi connectivity index (χ3v) is 2.38. The first kappa shape index (κ1) is 11.2. The van der Waals surface area contributed by atoms with Crippen molar-refractivity contribution in [2.24, 2.45) is 5.92 Å². The van der Waals surface area contributed by atoms with Crippen LogP contribution in [0.1, 0.15) is 37.6 Å². The largest absolute Gasteiger partial charge is 0.313 e. The summed E-state index contributed by atoms with van der Waals surface area (Å²) in [6, 6.07) is 4.71. The Hall–Kier alpha value is -0.890. The molecule has 0 saturated carbocycles. The molecule has 0 amide bonds. The van der Waals surface area contributed by atoms with Crippen LogP contribution >= 0.6 is 0 Å². The predicted octanol–water partition coefficient (Wildman–Crippen LogP) is 2.70. The molecular weight excluding hydrogens is 172 g/mol. The summed E-state index contributed by atoms with van der Waals surface area (Å²) in [5.41, 5.74) is 2.43. The van der Waals surface area contributed by atoms with Crippen LogP contribution in [0.2, 0.25) is 0 Å². The Balaban J connectivity index is 2.78. The second-order valence-electron chi connectivity index (χ2n) is 4.20. The Bertz CT molecular complexity index is 281. The van der Waals surface area contributed by atoms with Crippen molar-refractivity contribution in [2.75, 3.05) is 7.05 Å². The molecule has 1 N–H and O–H groups in total. The van der Waals surface area contributed by atoms with E-state index in [1.165, 1.54) is 12.0 Å². The van der Waals surface area contributed by atoms with Gasteiger partial charge in [-0.25, -0.2) is 0 Å². The summed E-state index contributed by atoms with van der Waals surface area (Å²) in [7, 11) is 2.02. The molecule has 0 aliphatic carbocycles. The van der Waals surface area contributed by atoms with Gasteiger partial charge in [-0.15, -0.1) is 0 Å². The molecule has 1 heterocycles. The minimum Gasteiger partial charge on any atom is -0.313 e. The molecule has 1 rings (SSSR count). The summed E-state index contributed by atoms with van der Waals surface area (Å²) in [6.07, 6.45) is 3.05. The fraction of sp³-hybridized carbons (Fsp3) is 0.583. The van der Waals surface area contributed by atoms with Crippen molar-refractivity contribution in [2.45, 2.75) is 33.2 Å². The molecule has 0 aromatic carbocycles. The van der Waals surface area contributed by atoms with Gasteiger partial charge >= 0.3 is 0 Å². The molecule has 1 aromatic rings. The van der Waals surface area contributed by atoms with Crippen LogP contribution in [0.25, 0.3) is 0 Å². The Kier molecular flexibility index (Phi) is 4.08. The van der Waals surface area contributed by atoms with Gasteiger partial charge in [0.1, 0.15) is 0 Å². The second-order valence-corrected chi connectivity index (χ2v) is 4.20. The molecule has 2 nitrogen and oxygen atoms in total. The first-order valence-corrected chi connectivity index (χ1v) is 5.23. The number of hydrogen-bond acceptors (Lipinski definition) is 2. The molecule has 0 bridgehead atoms. The fourth-order valence-corrected chi connectivity index (χ4v) is 1.68. The van der Waals surface area contributed by atoms with Crippen LogP contribution in [0.5, 0.6) is 0 Å². The molecule has 0 spiro atoms. The second kappa shape index (κ2) is 5.11. The van der Waals surface area contributed by atoms with Gasteiger partial charge < -0.3 is 5.32 Å². The molecule has 1 atom stereocenters. The maximum absolute atomic E-state index is 4.21. The number of aryl methyl sites for hydroxylation is 1. The molecule has 1 aromatic heterocycles. The van der Waals surface area contributed by atoms with Crippen molar-refractivity contribution in [3.8, 4) is 0 Å². The number of pyridine rings is 1. The van der Waals surface area contributed by atoms with E-state index in [1.54, 1.807) is 0 Å². The van der Waals surface area contributed by atoms with Crippen molar-refractivity contribution < 1.29 is 0 Å². The van der Waals surface area contributed by atoms with E-state index in [1.807, 2.05) is 20.2 Å². The predicted molar refractivity (Wildman–Crippen MR) is 60.2 cm³/mol. The van der Waals surface area contributed by atoms with Crippen molar-refractivity contribution >= 4 is 0 Å².